The fourth-order valence-corrected chi connectivity index (χ4v) is 3.51. The van der Waals surface area contributed by atoms with Crippen LogP contribution in [0.1, 0.15) is 30.7 Å². The molecule has 1 aromatic rings. The molecule has 2 saturated heterocycles. The van der Waals surface area contributed by atoms with Crippen molar-refractivity contribution in [2.24, 2.45) is 4.99 Å². The number of ether oxygens (including phenoxy) is 2. The number of nitrogens with one attached hydrogen (secondary N) is 1. The van der Waals surface area contributed by atoms with E-state index in [1.165, 1.54) is 12.0 Å². The second-order valence-corrected chi connectivity index (χ2v) is 6.53. The minimum atomic E-state index is 0. The summed E-state index contributed by atoms with van der Waals surface area (Å²) < 4.78 is 11.3. The number of rotatable bonds is 6. The summed E-state index contributed by atoms with van der Waals surface area (Å²) in [5, 5.41) is 3.42. The van der Waals surface area contributed by atoms with Gasteiger partial charge >= 0.3 is 0 Å². The number of likely N-dealkylation sites (tertiary alicyclic amines) is 1. The highest BCUT2D eigenvalue weighted by molar-refractivity contribution is 14.0. The van der Waals surface area contributed by atoms with E-state index in [1.807, 2.05) is 7.05 Å². The van der Waals surface area contributed by atoms with Crippen LogP contribution in [0.3, 0.4) is 0 Å². The predicted octanol–water partition coefficient (Wildman–Crippen LogP) is 2.86. The molecule has 0 bridgehead atoms. The lowest BCUT2D eigenvalue weighted by molar-refractivity contribution is 0.0190. The van der Waals surface area contributed by atoms with Crippen molar-refractivity contribution in [1.29, 1.82) is 0 Å². The summed E-state index contributed by atoms with van der Waals surface area (Å²) in [6.07, 6.45) is 3.77. The Kier molecular flexibility index (Phi) is 8.98. The predicted molar refractivity (Wildman–Crippen MR) is 112 cm³/mol. The average Bonchev–Trinajstić information content (AvgIpc) is 3.31. The molecule has 2 heterocycles. The molecule has 0 saturated carbocycles. The Morgan fingerprint density at radius 2 is 2.16 bits per heavy atom. The Hall–Kier alpha value is -0.860. The molecule has 2 fully saturated rings. The zero-order valence-corrected chi connectivity index (χ0v) is 17.4. The molecule has 2 atom stereocenters. The zero-order valence-electron chi connectivity index (χ0n) is 15.0. The number of aliphatic imine (C=N–C) groups is 1. The maximum absolute atomic E-state index is 5.70. The van der Waals surface area contributed by atoms with Crippen LogP contribution >= 0.6 is 24.0 Å². The summed E-state index contributed by atoms with van der Waals surface area (Å²) in [6, 6.07) is 10.8. The average molecular weight is 459 g/mol. The fraction of sp³-hybridized carbons (Fsp3) is 0.632. The van der Waals surface area contributed by atoms with Gasteiger partial charge in [0.25, 0.3) is 0 Å². The van der Waals surface area contributed by atoms with Gasteiger partial charge in [0.1, 0.15) is 0 Å². The molecular formula is C19H30IN3O2. The summed E-state index contributed by atoms with van der Waals surface area (Å²) in [5.74, 6) is 1.58. The second-order valence-electron chi connectivity index (χ2n) is 6.53. The Bertz CT molecular complexity index is 521. The molecule has 2 aliphatic heterocycles. The molecule has 1 N–H and O–H groups in total. The van der Waals surface area contributed by atoms with Crippen molar-refractivity contribution < 1.29 is 9.47 Å². The molecule has 25 heavy (non-hydrogen) atoms. The van der Waals surface area contributed by atoms with Crippen molar-refractivity contribution in [3.05, 3.63) is 35.9 Å². The van der Waals surface area contributed by atoms with Crippen molar-refractivity contribution in [3.63, 3.8) is 0 Å². The van der Waals surface area contributed by atoms with Crippen LogP contribution in [0.5, 0.6) is 0 Å². The van der Waals surface area contributed by atoms with Gasteiger partial charge < -0.3 is 19.7 Å². The largest absolute Gasteiger partial charge is 0.377 e. The van der Waals surface area contributed by atoms with E-state index in [4.69, 9.17) is 9.47 Å². The van der Waals surface area contributed by atoms with Gasteiger partial charge in [0.05, 0.1) is 19.3 Å². The summed E-state index contributed by atoms with van der Waals surface area (Å²) in [6.45, 7) is 5.15. The molecule has 0 radical (unpaired) electrons. The van der Waals surface area contributed by atoms with Gasteiger partial charge in [0, 0.05) is 39.2 Å². The first-order valence-corrected chi connectivity index (χ1v) is 9.06. The van der Waals surface area contributed by atoms with Gasteiger partial charge in [-0.25, -0.2) is 0 Å². The topological polar surface area (TPSA) is 46.1 Å². The van der Waals surface area contributed by atoms with E-state index < -0.39 is 0 Å². The normalized spacial score (nSPS) is 23.6. The van der Waals surface area contributed by atoms with E-state index in [9.17, 15) is 0 Å². The molecule has 3 rings (SSSR count). The smallest absolute Gasteiger partial charge is 0.193 e. The van der Waals surface area contributed by atoms with Crippen LogP contribution in [0.25, 0.3) is 0 Å². The van der Waals surface area contributed by atoms with Crippen LogP contribution in [-0.2, 0) is 9.47 Å². The van der Waals surface area contributed by atoms with Crippen molar-refractivity contribution >= 4 is 29.9 Å². The molecule has 2 unspecified atom stereocenters. The van der Waals surface area contributed by atoms with Gasteiger partial charge in [-0.15, -0.1) is 24.0 Å². The summed E-state index contributed by atoms with van der Waals surface area (Å²) in [7, 11) is 1.85. The van der Waals surface area contributed by atoms with E-state index in [2.05, 4.69) is 45.5 Å². The molecule has 5 nitrogen and oxygen atoms in total. The van der Waals surface area contributed by atoms with E-state index >= 15 is 0 Å². The maximum Gasteiger partial charge on any atom is 0.193 e. The van der Waals surface area contributed by atoms with E-state index in [1.54, 1.807) is 0 Å². The first-order chi connectivity index (χ1) is 11.9. The van der Waals surface area contributed by atoms with Crippen molar-refractivity contribution in [3.8, 4) is 0 Å². The number of nitrogens with zero attached hydrogens (tertiary/aromatic N) is 2. The van der Waals surface area contributed by atoms with Crippen LogP contribution in [0.4, 0.5) is 0 Å². The van der Waals surface area contributed by atoms with Crippen LogP contribution in [0.15, 0.2) is 35.3 Å². The molecule has 0 aromatic heterocycles. The lowest BCUT2D eigenvalue weighted by Crippen LogP contribution is -2.41. The highest BCUT2D eigenvalue weighted by Gasteiger charge is 2.25. The van der Waals surface area contributed by atoms with E-state index in [0.717, 1.165) is 45.0 Å². The molecule has 0 amide bonds. The fourth-order valence-electron chi connectivity index (χ4n) is 3.51. The highest BCUT2D eigenvalue weighted by atomic mass is 127. The Morgan fingerprint density at radius 3 is 2.88 bits per heavy atom. The van der Waals surface area contributed by atoms with Gasteiger partial charge in [0.15, 0.2) is 5.96 Å². The third-order valence-corrected chi connectivity index (χ3v) is 4.83. The van der Waals surface area contributed by atoms with Gasteiger partial charge in [-0.05, 0) is 24.8 Å². The maximum atomic E-state index is 5.70. The Balaban J connectivity index is 0.00000225. The van der Waals surface area contributed by atoms with Crippen molar-refractivity contribution in [2.45, 2.75) is 31.3 Å². The number of benzene rings is 1. The molecule has 2 aliphatic rings. The lowest BCUT2D eigenvalue weighted by atomic mass is 9.99. The zero-order chi connectivity index (χ0) is 16.6. The number of hydrogen-bond acceptors (Lipinski definition) is 3. The van der Waals surface area contributed by atoms with Crippen molar-refractivity contribution in [1.82, 2.24) is 10.2 Å². The quantitative estimate of drug-likeness (QED) is 0.308. The van der Waals surface area contributed by atoms with Crippen LogP contribution < -0.4 is 5.32 Å². The van der Waals surface area contributed by atoms with Gasteiger partial charge in [-0.2, -0.15) is 0 Å². The molecule has 0 aliphatic carbocycles. The minimum Gasteiger partial charge on any atom is -0.377 e. The number of guanidine groups is 1. The third-order valence-electron chi connectivity index (χ3n) is 4.83. The molecule has 0 spiro atoms. The van der Waals surface area contributed by atoms with Crippen LogP contribution in [0, 0.1) is 0 Å². The first-order valence-electron chi connectivity index (χ1n) is 9.06. The molecule has 6 heteroatoms. The molecular weight excluding hydrogens is 429 g/mol. The van der Waals surface area contributed by atoms with E-state index in [-0.39, 0.29) is 24.0 Å². The summed E-state index contributed by atoms with van der Waals surface area (Å²) >= 11 is 0. The van der Waals surface area contributed by atoms with Gasteiger partial charge in [0.2, 0.25) is 0 Å². The highest BCUT2D eigenvalue weighted by Crippen LogP contribution is 2.26. The molecule has 140 valence electrons. The number of hydrogen-bond donors (Lipinski definition) is 1. The lowest BCUT2D eigenvalue weighted by Gasteiger charge is -2.22. The minimum absolute atomic E-state index is 0. The van der Waals surface area contributed by atoms with Gasteiger partial charge in [-0.3, -0.25) is 4.99 Å². The first kappa shape index (κ1) is 20.5. The van der Waals surface area contributed by atoms with Crippen LogP contribution in [-0.4, -0.2) is 63.5 Å². The van der Waals surface area contributed by atoms with Gasteiger partial charge in [-0.1, -0.05) is 30.3 Å². The molecule has 1 aromatic carbocycles. The Labute approximate surface area is 168 Å². The summed E-state index contributed by atoms with van der Waals surface area (Å²) in [4.78, 5) is 6.77. The van der Waals surface area contributed by atoms with Crippen molar-refractivity contribution in [2.75, 3.05) is 46.5 Å². The number of halogens is 1. The Morgan fingerprint density at radius 1 is 1.32 bits per heavy atom. The van der Waals surface area contributed by atoms with E-state index in [0.29, 0.717) is 25.2 Å². The van der Waals surface area contributed by atoms with Crippen LogP contribution in [0.2, 0.25) is 0 Å². The monoisotopic (exact) mass is 459 g/mol. The standard InChI is InChI=1S/C19H29N3O2.HI/c1-20-19(21-10-13-23-15-18-8-5-12-24-18)22-11-9-17(14-22)16-6-3-2-4-7-16;/h2-4,6-7,17-18H,5,8-15H2,1H3,(H,20,21);1H. The summed E-state index contributed by atoms with van der Waals surface area (Å²) in [5.41, 5.74) is 1.43. The second kappa shape index (κ2) is 11.0. The third kappa shape index (κ3) is 6.11. The SMILES string of the molecule is CN=C(NCCOCC1CCCO1)N1CCC(c2ccccc2)C1.I.